The number of nitrogens with zero attached hydrogens (tertiary/aromatic N) is 1. The topological polar surface area (TPSA) is 12.5 Å². The van der Waals surface area contributed by atoms with Crippen LogP contribution in [-0.2, 0) is 4.52 Å². The monoisotopic (exact) mass is 199 g/mol. The summed E-state index contributed by atoms with van der Waals surface area (Å²) in [6.45, 7) is 8.75. The van der Waals surface area contributed by atoms with E-state index < -0.39 is 0 Å². The first-order valence-electron chi connectivity index (χ1n) is 3.66. The second kappa shape index (κ2) is 7.30. The first-order chi connectivity index (χ1) is 4.59. The summed E-state index contributed by atoms with van der Waals surface area (Å²) in [5.41, 5.74) is 0. The van der Waals surface area contributed by atoms with Gasteiger partial charge in [-0.15, -0.1) is 12.4 Å². The second-order valence-electron chi connectivity index (χ2n) is 2.89. The molecule has 70 valence electrons. The number of hydrogen-bond acceptors (Lipinski definition) is 2. The molecule has 0 aliphatic carbocycles. The van der Waals surface area contributed by atoms with Crippen molar-refractivity contribution in [2.45, 2.75) is 39.8 Å². The van der Waals surface area contributed by atoms with E-state index in [1.54, 1.807) is 7.11 Å². The van der Waals surface area contributed by atoms with Crippen LogP contribution in [0.15, 0.2) is 0 Å². The molecular weight excluding hydrogens is 181 g/mol. The Morgan fingerprint density at radius 2 is 1.45 bits per heavy atom. The van der Waals surface area contributed by atoms with Crippen LogP contribution in [0.4, 0.5) is 0 Å². The van der Waals surface area contributed by atoms with E-state index in [0.717, 1.165) is 0 Å². The average Bonchev–Trinajstić information content (AvgIpc) is 1.81. The minimum atomic E-state index is 0. The summed E-state index contributed by atoms with van der Waals surface area (Å²) in [6.07, 6.45) is 0. The van der Waals surface area contributed by atoms with Crippen molar-refractivity contribution in [1.82, 2.24) is 4.67 Å². The third-order valence-corrected chi connectivity index (χ3v) is 2.74. The Balaban J connectivity index is 0. The molecule has 0 N–H and O–H groups in total. The highest BCUT2D eigenvalue weighted by Gasteiger charge is 2.11. The van der Waals surface area contributed by atoms with Gasteiger partial charge >= 0.3 is 0 Å². The molecule has 11 heavy (non-hydrogen) atoms. The molecule has 4 heteroatoms. The van der Waals surface area contributed by atoms with E-state index in [1.807, 2.05) is 0 Å². The average molecular weight is 200 g/mol. The molecule has 0 aromatic carbocycles. The van der Waals surface area contributed by atoms with Crippen molar-refractivity contribution in [2.75, 3.05) is 7.11 Å². The number of halogens is 1. The maximum atomic E-state index is 5.08. The smallest absolute Gasteiger partial charge is 0.0889 e. The lowest BCUT2D eigenvalue weighted by atomic mass is 10.3. The fraction of sp³-hybridized carbons (Fsp3) is 1.00. The van der Waals surface area contributed by atoms with Crippen molar-refractivity contribution >= 4 is 21.4 Å². The summed E-state index contributed by atoms with van der Waals surface area (Å²) in [4.78, 5) is 0. The molecule has 0 amide bonds. The Morgan fingerprint density at radius 3 is 1.55 bits per heavy atom. The Bertz CT molecular complexity index is 82.5. The number of rotatable bonds is 4. The fourth-order valence-corrected chi connectivity index (χ4v) is 1.54. The molecular formula is C7H19ClNOP. The molecule has 0 heterocycles. The molecule has 0 aliphatic rings. The summed E-state index contributed by atoms with van der Waals surface area (Å²) in [5.74, 6) is 0. The normalized spacial score (nSPS) is 12.0. The van der Waals surface area contributed by atoms with Gasteiger partial charge in [0.1, 0.15) is 0 Å². The first kappa shape index (κ1) is 14.2. The molecule has 1 unspecified atom stereocenters. The van der Waals surface area contributed by atoms with Gasteiger partial charge in [0.25, 0.3) is 0 Å². The van der Waals surface area contributed by atoms with Crippen LogP contribution in [0.25, 0.3) is 0 Å². The molecule has 0 radical (unpaired) electrons. The Hall–Kier alpha value is 0.640. The van der Waals surface area contributed by atoms with Gasteiger partial charge in [0, 0.05) is 19.2 Å². The van der Waals surface area contributed by atoms with E-state index in [0.29, 0.717) is 21.0 Å². The number of hydrogen-bond donors (Lipinski definition) is 0. The van der Waals surface area contributed by atoms with E-state index in [9.17, 15) is 0 Å². The van der Waals surface area contributed by atoms with Gasteiger partial charge in [-0.05, 0) is 27.7 Å². The molecule has 0 spiro atoms. The van der Waals surface area contributed by atoms with Gasteiger partial charge in [0.2, 0.25) is 0 Å². The molecule has 0 aromatic heterocycles. The Morgan fingerprint density at radius 1 is 1.09 bits per heavy atom. The van der Waals surface area contributed by atoms with Crippen LogP contribution < -0.4 is 0 Å². The van der Waals surface area contributed by atoms with E-state index in [-0.39, 0.29) is 12.4 Å². The minimum absolute atomic E-state index is 0. The van der Waals surface area contributed by atoms with E-state index in [2.05, 4.69) is 32.4 Å². The zero-order valence-corrected chi connectivity index (χ0v) is 9.73. The molecule has 0 saturated heterocycles. The van der Waals surface area contributed by atoms with Crippen molar-refractivity contribution in [3.05, 3.63) is 0 Å². The zero-order valence-electron chi connectivity index (χ0n) is 7.92. The van der Waals surface area contributed by atoms with Crippen LogP contribution in [0, 0.1) is 0 Å². The molecule has 0 aromatic rings. The van der Waals surface area contributed by atoms with Crippen LogP contribution in [0.5, 0.6) is 0 Å². The molecule has 1 atom stereocenters. The molecule has 0 rings (SSSR count). The van der Waals surface area contributed by atoms with Crippen molar-refractivity contribution in [3.8, 4) is 0 Å². The van der Waals surface area contributed by atoms with Crippen molar-refractivity contribution in [1.29, 1.82) is 0 Å². The van der Waals surface area contributed by atoms with Gasteiger partial charge in [-0.25, -0.2) is 0 Å². The standard InChI is InChI=1S/C7H18NOP.ClH/c1-6(2)8(7(3)4)10-9-5;/h6-7,10H,1-5H3;1H. The highest BCUT2D eigenvalue weighted by atomic mass is 35.5. The van der Waals surface area contributed by atoms with Crippen LogP contribution in [-0.4, -0.2) is 23.9 Å². The third-order valence-electron chi connectivity index (χ3n) is 1.31. The first-order valence-corrected chi connectivity index (χ1v) is 4.52. The SMILES string of the molecule is COPN(C(C)C)C(C)C.Cl. The van der Waals surface area contributed by atoms with Crippen molar-refractivity contribution in [3.63, 3.8) is 0 Å². The van der Waals surface area contributed by atoms with Crippen molar-refractivity contribution in [2.24, 2.45) is 0 Å². The lowest BCUT2D eigenvalue weighted by molar-refractivity contribution is 0.292. The zero-order chi connectivity index (χ0) is 8.15. The highest BCUT2D eigenvalue weighted by molar-refractivity contribution is 7.29. The van der Waals surface area contributed by atoms with E-state index in [1.165, 1.54) is 0 Å². The largest absolute Gasteiger partial charge is 0.349 e. The summed E-state index contributed by atoms with van der Waals surface area (Å²) in [5, 5.41) is 0. The predicted molar refractivity (Wildman–Crippen MR) is 54.7 cm³/mol. The van der Waals surface area contributed by atoms with Crippen LogP contribution in [0.2, 0.25) is 0 Å². The summed E-state index contributed by atoms with van der Waals surface area (Å²) >= 11 is 0. The van der Waals surface area contributed by atoms with Crippen LogP contribution in [0.3, 0.4) is 0 Å². The van der Waals surface area contributed by atoms with Crippen molar-refractivity contribution < 1.29 is 4.52 Å². The van der Waals surface area contributed by atoms with Gasteiger partial charge in [0.05, 0.1) is 8.96 Å². The minimum Gasteiger partial charge on any atom is -0.349 e. The molecule has 0 bridgehead atoms. The fourth-order valence-electron chi connectivity index (χ4n) is 0.913. The molecule has 0 fully saturated rings. The van der Waals surface area contributed by atoms with Gasteiger partial charge < -0.3 is 4.52 Å². The quantitative estimate of drug-likeness (QED) is 0.646. The van der Waals surface area contributed by atoms with Gasteiger partial charge in [0.15, 0.2) is 0 Å². The summed E-state index contributed by atoms with van der Waals surface area (Å²) < 4.78 is 7.40. The van der Waals surface area contributed by atoms with Crippen LogP contribution >= 0.6 is 21.4 Å². The van der Waals surface area contributed by atoms with E-state index in [4.69, 9.17) is 4.52 Å². The Labute approximate surface area is 78.0 Å². The third kappa shape index (κ3) is 5.86. The predicted octanol–water partition coefficient (Wildman–Crippen LogP) is 2.68. The Kier molecular flexibility index (Phi) is 9.41. The maximum Gasteiger partial charge on any atom is 0.0889 e. The van der Waals surface area contributed by atoms with Crippen LogP contribution in [0.1, 0.15) is 27.7 Å². The lowest BCUT2D eigenvalue weighted by Gasteiger charge is -2.28. The summed E-state index contributed by atoms with van der Waals surface area (Å²) in [6, 6.07) is 1.16. The highest BCUT2D eigenvalue weighted by Crippen LogP contribution is 2.23. The van der Waals surface area contributed by atoms with Gasteiger partial charge in [-0.2, -0.15) is 0 Å². The lowest BCUT2D eigenvalue weighted by Crippen LogP contribution is -2.29. The molecule has 0 aliphatic heterocycles. The van der Waals surface area contributed by atoms with Gasteiger partial charge in [-0.3, -0.25) is 4.67 Å². The van der Waals surface area contributed by atoms with E-state index >= 15 is 0 Å². The second-order valence-corrected chi connectivity index (χ2v) is 4.00. The maximum absolute atomic E-state index is 5.08. The molecule has 0 saturated carbocycles. The van der Waals surface area contributed by atoms with Gasteiger partial charge in [-0.1, -0.05) is 0 Å². The summed E-state index contributed by atoms with van der Waals surface area (Å²) in [7, 11) is 2.25. The molecule has 2 nitrogen and oxygen atoms in total.